The summed E-state index contributed by atoms with van der Waals surface area (Å²) < 4.78 is 2.34. The maximum atomic E-state index is 6.33. The highest BCUT2D eigenvalue weighted by Gasteiger charge is 2.29. The smallest absolute Gasteiger partial charge is 0.235 e. The van der Waals surface area contributed by atoms with Crippen LogP contribution >= 0.6 is 0 Å². The largest absolute Gasteiger partial charge is 0.336 e. The first-order chi connectivity index (χ1) is 22.6. The van der Waals surface area contributed by atoms with E-state index in [1.807, 2.05) is 6.07 Å². The van der Waals surface area contributed by atoms with Gasteiger partial charge in [-0.25, -0.2) is 9.97 Å². The molecule has 0 spiro atoms. The summed E-state index contributed by atoms with van der Waals surface area (Å²) in [4.78, 5) is 13.0. The lowest BCUT2D eigenvalue weighted by atomic mass is 9.94. The van der Waals surface area contributed by atoms with Gasteiger partial charge >= 0.3 is 0 Å². The van der Waals surface area contributed by atoms with Crippen LogP contribution in [0.5, 0.6) is 0 Å². The molecule has 0 radical (unpaired) electrons. The lowest BCUT2D eigenvalue weighted by Crippen LogP contribution is -2.13. The lowest BCUT2D eigenvalue weighted by molar-refractivity contribution is 0.812. The third-order valence-corrected chi connectivity index (χ3v) is 9.33. The first kappa shape index (κ1) is 28.2. The third-order valence-electron chi connectivity index (χ3n) is 9.33. The Kier molecular flexibility index (Phi) is 7.11. The van der Waals surface area contributed by atoms with E-state index in [-0.39, 0.29) is 0 Å². The topological polar surface area (TPSA) is 60.0 Å². The second kappa shape index (κ2) is 11.6. The first-order valence-electron chi connectivity index (χ1n) is 16.2. The van der Waals surface area contributed by atoms with Gasteiger partial charge in [0.25, 0.3) is 0 Å². The lowest BCUT2D eigenvalue weighted by Gasteiger charge is -2.19. The number of para-hydroxylation sites is 2. The van der Waals surface area contributed by atoms with Gasteiger partial charge in [-0.05, 0) is 92.8 Å². The Morgan fingerprint density at radius 2 is 1.59 bits per heavy atom. The van der Waals surface area contributed by atoms with Crippen molar-refractivity contribution in [2.24, 2.45) is 5.73 Å². The number of benzene rings is 4. The highest BCUT2D eigenvalue weighted by Crippen LogP contribution is 2.43. The molecule has 0 unspecified atom stereocenters. The number of rotatable bonds is 6. The Morgan fingerprint density at radius 1 is 0.826 bits per heavy atom. The van der Waals surface area contributed by atoms with Crippen molar-refractivity contribution in [3.05, 3.63) is 142 Å². The van der Waals surface area contributed by atoms with Crippen molar-refractivity contribution in [2.75, 3.05) is 18.0 Å². The molecule has 0 amide bonds. The van der Waals surface area contributed by atoms with E-state index in [0.717, 1.165) is 53.7 Å². The number of allylic oxidation sites excluding steroid dienone is 1. The number of fused-ring (bicyclic) bond motifs is 3. The molecule has 2 N–H and O–H groups in total. The SMILES string of the molecule is CC1=Cc2c(CCN)c(/C=C3\CN(c4ccccc4)c4ccc(C)cc43)n(-c3nc(-c4ccccc4)c4ccccc4n3)c2CC1. The van der Waals surface area contributed by atoms with Crippen LogP contribution in [-0.4, -0.2) is 27.6 Å². The van der Waals surface area contributed by atoms with Gasteiger partial charge in [0, 0.05) is 40.1 Å². The molecule has 226 valence electrons. The van der Waals surface area contributed by atoms with Gasteiger partial charge in [0.2, 0.25) is 5.95 Å². The Balaban J connectivity index is 1.40. The summed E-state index contributed by atoms with van der Waals surface area (Å²) in [5, 5.41) is 1.05. The van der Waals surface area contributed by atoms with Crippen molar-refractivity contribution in [3.8, 4) is 17.2 Å². The Hall–Kier alpha value is -5.26. The van der Waals surface area contributed by atoms with Gasteiger partial charge in [-0.1, -0.05) is 90.0 Å². The first-order valence-corrected chi connectivity index (χ1v) is 16.2. The van der Waals surface area contributed by atoms with E-state index >= 15 is 0 Å². The summed E-state index contributed by atoms with van der Waals surface area (Å²) in [6.45, 7) is 5.76. The molecule has 5 heteroatoms. The molecule has 0 bridgehead atoms. The predicted molar refractivity (Wildman–Crippen MR) is 192 cm³/mol. The summed E-state index contributed by atoms with van der Waals surface area (Å²) in [7, 11) is 0. The minimum absolute atomic E-state index is 0.569. The molecule has 8 rings (SSSR count). The molecule has 0 fully saturated rings. The summed E-state index contributed by atoms with van der Waals surface area (Å²) in [6, 6.07) is 36.3. The number of nitrogens with zero attached hydrogens (tertiary/aromatic N) is 4. The van der Waals surface area contributed by atoms with Crippen LogP contribution in [0, 0.1) is 6.92 Å². The molecule has 46 heavy (non-hydrogen) atoms. The molecule has 3 heterocycles. The standard InChI is InChI=1S/C41H37N5/c1-27-17-19-37-34(23-27)30(26-45(37)31-13-7-4-8-14-31)25-39-32(21-22-42)35-24-28(2)18-20-38(35)46(39)41-43-36-16-10-9-15-33(36)40(44-41)29-11-5-3-6-12-29/h3-17,19,23-25H,18,20-22,26,42H2,1-2H3/b30-25+. The number of anilines is 2. The molecule has 0 atom stereocenters. The van der Waals surface area contributed by atoms with E-state index in [9.17, 15) is 0 Å². The second-order valence-electron chi connectivity index (χ2n) is 12.5. The molecule has 0 saturated heterocycles. The van der Waals surface area contributed by atoms with E-state index < -0.39 is 0 Å². The molecule has 4 aromatic carbocycles. The van der Waals surface area contributed by atoms with E-state index in [4.69, 9.17) is 15.7 Å². The molecule has 6 aromatic rings. The van der Waals surface area contributed by atoms with E-state index in [1.54, 1.807) is 0 Å². The zero-order valence-electron chi connectivity index (χ0n) is 26.4. The minimum atomic E-state index is 0.569. The van der Waals surface area contributed by atoms with Crippen LogP contribution in [0.15, 0.2) is 109 Å². The van der Waals surface area contributed by atoms with Crippen molar-refractivity contribution in [2.45, 2.75) is 33.1 Å². The summed E-state index contributed by atoms with van der Waals surface area (Å²) in [5.74, 6) is 0.708. The fraction of sp³-hybridized carbons (Fsp3) is 0.171. The van der Waals surface area contributed by atoms with E-state index in [1.165, 1.54) is 50.5 Å². The molecular weight excluding hydrogens is 562 g/mol. The molecular formula is C41H37N5. The van der Waals surface area contributed by atoms with Gasteiger partial charge in [0.1, 0.15) is 0 Å². The average Bonchev–Trinajstić information content (AvgIpc) is 3.59. The number of hydrogen-bond acceptors (Lipinski definition) is 4. The van der Waals surface area contributed by atoms with Crippen LogP contribution in [0.25, 0.3) is 45.8 Å². The highest BCUT2D eigenvalue weighted by atomic mass is 15.2. The number of aryl methyl sites for hydroxylation is 1. The van der Waals surface area contributed by atoms with Gasteiger partial charge < -0.3 is 10.6 Å². The summed E-state index contributed by atoms with van der Waals surface area (Å²) >= 11 is 0. The van der Waals surface area contributed by atoms with Crippen molar-refractivity contribution in [1.82, 2.24) is 14.5 Å². The highest BCUT2D eigenvalue weighted by molar-refractivity contribution is 5.97. The maximum absolute atomic E-state index is 6.33. The predicted octanol–water partition coefficient (Wildman–Crippen LogP) is 8.94. The van der Waals surface area contributed by atoms with Crippen LogP contribution in [0.1, 0.15) is 47.0 Å². The van der Waals surface area contributed by atoms with Crippen LogP contribution in [-0.2, 0) is 12.8 Å². The average molecular weight is 600 g/mol. The Bertz CT molecular complexity index is 2150. The van der Waals surface area contributed by atoms with Crippen molar-refractivity contribution < 1.29 is 0 Å². The maximum Gasteiger partial charge on any atom is 0.235 e. The molecule has 2 aromatic heterocycles. The van der Waals surface area contributed by atoms with Crippen LogP contribution in [0.4, 0.5) is 11.4 Å². The fourth-order valence-corrected chi connectivity index (χ4v) is 7.14. The quantitative estimate of drug-likeness (QED) is 0.208. The van der Waals surface area contributed by atoms with Crippen LogP contribution in [0.3, 0.4) is 0 Å². The van der Waals surface area contributed by atoms with Gasteiger partial charge in [-0.2, -0.15) is 0 Å². The van der Waals surface area contributed by atoms with Crippen LogP contribution < -0.4 is 10.6 Å². The number of nitrogens with two attached hydrogens (primary N) is 1. The molecule has 5 nitrogen and oxygen atoms in total. The van der Waals surface area contributed by atoms with E-state index in [2.05, 4.69) is 133 Å². The Labute approximate surface area is 270 Å². The monoisotopic (exact) mass is 599 g/mol. The van der Waals surface area contributed by atoms with E-state index in [0.29, 0.717) is 12.5 Å². The molecule has 0 saturated carbocycles. The number of aromatic nitrogens is 3. The summed E-state index contributed by atoms with van der Waals surface area (Å²) in [5.41, 5.74) is 21.9. The minimum Gasteiger partial charge on any atom is -0.336 e. The molecule has 2 aliphatic rings. The van der Waals surface area contributed by atoms with Gasteiger partial charge in [0.05, 0.1) is 16.9 Å². The zero-order chi connectivity index (χ0) is 31.2. The van der Waals surface area contributed by atoms with Crippen molar-refractivity contribution in [1.29, 1.82) is 0 Å². The van der Waals surface area contributed by atoms with Gasteiger partial charge in [-0.15, -0.1) is 0 Å². The zero-order valence-corrected chi connectivity index (χ0v) is 26.4. The number of hydrogen-bond donors (Lipinski definition) is 1. The van der Waals surface area contributed by atoms with Crippen molar-refractivity contribution >= 4 is 40.0 Å². The second-order valence-corrected chi connectivity index (χ2v) is 12.5. The van der Waals surface area contributed by atoms with Crippen molar-refractivity contribution in [3.63, 3.8) is 0 Å². The Morgan fingerprint density at radius 3 is 2.39 bits per heavy atom. The van der Waals surface area contributed by atoms with Crippen LogP contribution in [0.2, 0.25) is 0 Å². The third kappa shape index (κ3) is 4.84. The molecule has 1 aliphatic carbocycles. The summed E-state index contributed by atoms with van der Waals surface area (Å²) in [6.07, 6.45) is 7.48. The fourth-order valence-electron chi connectivity index (χ4n) is 7.14. The molecule has 1 aliphatic heterocycles. The normalized spacial score (nSPS) is 14.9. The van der Waals surface area contributed by atoms with Gasteiger partial charge in [-0.3, -0.25) is 4.57 Å². The van der Waals surface area contributed by atoms with Gasteiger partial charge in [0.15, 0.2) is 0 Å².